The van der Waals surface area contributed by atoms with Crippen LogP contribution in [0.2, 0.25) is 0 Å². The summed E-state index contributed by atoms with van der Waals surface area (Å²) in [4.78, 5) is 18.6. The van der Waals surface area contributed by atoms with E-state index in [0.717, 1.165) is 24.3 Å². The Hall–Kier alpha value is -3.34. The van der Waals surface area contributed by atoms with E-state index < -0.39 is 0 Å². The first-order chi connectivity index (χ1) is 12.3. The van der Waals surface area contributed by atoms with Gasteiger partial charge in [-0.3, -0.25) is 5.32 Å². The number of rotatable bonds is 3. The summed E-state index contributed by atoms with van der Waals surface area (Å²) in [6, 6.07) is 21.2. The number of benzene rings is 2. The third-order valence-corrected chi connectivity index (χ3v) is 4.22. The molecule has 0 radical (unpaired) electrons. The molecule has 124 valence electrons. The van der Waals surface area contributed by atoms with E-state index in [-0.39, 0.29) is 6.03 Å². The van der Waals surface area contributed by atoms with Crippen molar-refractivity contribution in [1.82, 2.24) is 4.98 Å². The Kier molecular flexibility index (Phi) is 4.04. The molecular weight excluding hydrogens is 312 g/mol. The van der Waals surface area contributed by atoms with Gasteiger partial charge in [0, 0.05) is 17.9 Å². The number of aromatic nitrogens is 1. The van der Waals surface area contributed by atoms with Gasteiger partial charge in [-0.15, -0.1) is 0 Å². The van der Waals surface area contributed by atoms with Gasteiger partial charge >= 0.3 is 6.03 Å². The summed E-state index contributed by atoms with van der Waals surface area (Å²) in [7, 11) is 0. The van der Waals surface area contributed by atoms with E-state index in [0.29, 0.717) is 5.82 Å². The highest BCUT2D eigenvalue weighted by Gasteiger charge is 2.19. The van der Waals surface area contributed by atoms with Crippen LogP contribution in [-0.2, 0) is 6.42 Å². The second-order valence-electron chi connectivity index (χ2n) is 5.88. The molecule has 1 aliphatic rings. The predicted octanol–water partition coefficient (Wildman–Crippen LogP) is 4.42. The fourth-order valence-corrected chi connectivity index (χ4v) is 3.03. The summed E-state index contributed by atoms with van der Waals surface area (Å²) >= 11 is 0. The highest BCUT2D eigenvalue weighted by Crippen LogP contribution is 2.33. The van der Waals surface area contributed by atoms with Gasteiger partial charge in [0.25, 0.3) is 0 Å². The quantitative estimate of drug-likeness (QED) is 0.747. The number of pyridine rings is 1. The van der Waals surface area contributed by atoms with Gasteiger partial charge in [0.1, 0.15) is 5.82 Å². The fourth-order valence-electron chi connectivity index (χ4n) is 3.03. The molecule has 1 aromatic heterocycles. The number of nitrogens with zero attached hydrogens (tertiary/aromatic N) is 2. The highest BCUT2D eigenvalue weighted by atomic mass is 16.2. The lowest BCUT2D eigenvalue weighted by Crippen LogP contribution is -2.20. The van der Waals surface area contributed by atoms with Crippen LogP contribution in [0.3, 0.4) is 0 Å². The van der Waals surface area contributed by atoms with Gasteiger partial charge in [-0.25, -0.2) is 9.78 Å². The van der Waals surface area contributed by atoms with Gasteiger partial charge in [-0.2, -0.15) is 0 Å². The monoisotopic (exact) mass is 330 g/mol. The van der Waals surface area contributed by atoms with E-state index in [1.807, 2.05) is 42.5 Å². The Morgan fingerprint density at radius 3 is 2.52 bits per heavy atom. The Labute approximate surface area is 146 Å². The molecule has 25 heavy (non-hydrogen) atoms. The number of fused-ring (bicyclic) bond motifs is 1. The maximum Gasteiger partial charge on any atom is 0.324 e. The van der Waals surface area contributed by atoms with E-state index >= 15 is 0 Å². The van der Waals surface area contributed by atoms with Crippen molar-refractivity contribution in [3.05, 3.63) is 78.5 Å². The molecule has 2 N–H and O–H groups in total. The van der Waals surface area contributed by atoms with Gasteiger partial charge in [0.05, 0.1) is 11.9 Å². The van der Waals surface area contributed by atoms with Gasteiger partial charge in [0.2, 0.25) is 0 Å². The second-order valence-corrected chi connectivity index (χ2v) is 5.88. The smallest absolute Gasteiger partial charge is 0.324 e. The highest BCUT2D eigenvalue weighted by molar-refractivity contribution is 5.99. The maximum absolute atomic E-state index is 12.0. The van der Waals surface area contributed by atoms with Gasteiger partial charge in [-0.05, 0) is 42.3 Å². The van der Waals surface area contributed by atoms with Gasteiger partial charge in [-0.1, -0.05) is 36.4 Å². The zero-order valence-electron chi connectivity index (χ0n) is 13.6. The molecular formula is C20H18N4O. The van der Waals surface area contributed by atoms with Crippen LogP contribution >= 0.6 is 0 Å². The third-order valence-electron chi connectivity index (χ3n) is 4.22. The lowest BCUT2D eigenvalue weighted by molar-refractivity contribution is 0.262. The van der Waals surface area contributed by atoms with Crippen LogP contribution in [0.4, 0.5) is 27.7 Å². The van der Waals surface area contributed by atoms with E-state index in [1.165, 1.54) is 11.3 Å². The van der Waals surface area contributed by atoms with Crippen LogP contribution in [0, 0.1) is 0 Å². The average molecular weight is 330 g/mol. The van der Waals surface area contributed by atoms with Gasteiger partial charge < -0.3 is 10.2 Å². The van der Waals surface area contributed by atoms with E-state index in [2.05, 4.69) is 44.8 Å². The number of nitrogens with one attached hydrogen (secondary N) is 2. The largest absolute Gasteiger partial charge is 0.340 e. The molecule has 0 aliphatic carbocycles. The number of anilines is 4. The van der Waals surface area contributed by atoms with Crippen LogP contribution in [0.15, 0.2) is 72.9 Å². The number of hydrogen-bond donors (Lipinski definition) is 2. The molecule has 0 saturated carbocycles. The Morgan fingerprint density at radius 2 is 1.72 bits per heavy atom. The Bertz CT molecular complexity index is 878. The molecule has 0 atom stereocenters. The van der Waals surface area contributed by atoms with Crippen molar-refractivity contribution in [1.29, 1.82) is 0 Å². The number of carbonyl (C=O) groups excluding carboxylic acids is 1. The zero-order chi connectivity index (χ0) is 17.1. The SMILES string of the molecule is O=C(Nc1ccccc1)Nc1ccc(N2CCc3ccccc32)cn1. The van der Waals surface area contributed by atoms with E-state index in [4.69, 9.17) is 0 Å². The number of carbonyl (C=O) groups is 1. The first-order valence-corrected chi connectivity index (χ1v) is 8.24. The lowest BCUT2D eigenvalue weighted by Gasteiger charge is -2.19. The van der Waals surface area contributed by atoms with Gasteiger partial charge in [0.15, 0.2) is 0 Å². The zero-order valence-corrected chi connectivity index (χ0v) is 13.6. The van der Waals surface area contributed by atoms with Crippen LogP contribution in [0.5, 0.6) is 0 Å². The van der Waals surface area contributed by atoms with E-state index in [1.54, 1.807) is 6.20 Å². The molecule has 2 heterocycles. The molecule has 5 heteroatoms. The average Bonchev–Trinajstić information content (AvgIpc) is 3.07. The minimum absolute atomic E-state index is 0.307. The first kappa shape index (κ1) is 15.2. The topological polar surface area (TPSA) is 57.3 Å². The summed E-state index contributed by atoms with van der Waals surface area (Å²) in [5.41, 5.74) is 4.35. The normalized spacial score (nSPS) is 12.6. The molecule has 3 aromatic rings. The molecule has 2 aromatic carbocycles. The second kappa shape index (κ2) is 6.65. The molecule has 0 saturated heterocycles. The summed E-state index contributed by atoms with van der Waals surface area (Å²) in [6.45, 7) is 0.947. The molecule has 0 spiro atoms. The van der Waals surface area contributed by atoms with Crippen molar-refractivity contribution in [2.75, 3.05) is 22.1 Å². The third kappa shape index (κ3) is 3.30. The Morgan fingerprint density at radius 1 is 0.920 bits per heavy atom. The van der Waals surface area contributed by atoms with Crippen molar-refractivity contribution < 1.29 is 4.79 Å². The molecule has 0 unspecified atom stereocenters. The van der Waals surface area contributed by atoms with E-state index in [9.17, 15) is 4.79 Å². The lowest BCUT2D eigenvalue weighted by atomic mass is 10.2. The standard InChI is InChI=1S/C20H18N4O/c25-20(22-16-7-2-1-3-8-16)23-19-11-10-17(14-21-19)24-13-12-15-6-4-5-9-18(15)24/h1-11,14H,12-13H2,(H2,21,22,23,25). The summed E-state index contributed by atoms with van der Waals surface area (Å²) in [6.07, 6.45) is 2.83. The summed E-state index contributed by atoms with van der Waals surface area (Å²) < 4.78 is 0. The summed E-state index contributed by atoms with van der Waals surface area (Å²) in [5, 5.41) is 5.52. The molecule has 5 nitrogen and oxygen atoms in total. The molecule has 4 rings (SSSR count). The molecule has 0 bridgehead atoms. The van der Waals surface area contributed by atoms with Crippen LogP contribution in [-0.4, -0.2) is 17.6 Å². The molecule has 2 amide bonds. The van der Waals surface area contributed by atoms with Crippen molar-refractivity contribution >= 4 is 28.9 Å². The van der Waals surface area contributed by atoms with Crippen LogP contribution in [0.1, 0.15) is 5.56 Å². The minimum Gasteiger partial charge on any atom is -0.340 e. The van der Waals surface area contributed by atoms with Crippen LogP contribution in [0.25, 0.3) is 0 Å². The fraction of sp³-hybridized carbons (Fsp3) is 0.100. The minimum atomic E-state index is -0.307. The number of urea groups is 1. The van der Waals surface area contributed by atoms with Crippen molar-refractivity contribution in [3.8, 4) is 0 Å². The van der Waals surface area contributed by atoms with Crippen molar-refractivity contribution in [2.45, 2.75) is 6.42 Å². The summed E-state index contributed by atoms with van der Waals surface area (Å²) in [5.74, 6) is 0.518. The number of para-hydroxylation sites is 2. The molecule has 1 aliphatic heterocycles. The van der Waals surface area contributed by atoms with Crippen molar-refractivity contribution in [3.63, 3.8) is 0 Å². The van der Waals surface area contributed by atoms with Crippen LogP contribution < -0.4 is 15.5 Å². The Balaban J connectivity index is 1.43. The molecule has 0 fully saturated rings. The van der Waals surface area contributed by atoms with Crippen molar-refractivity contribution in [2.24, 2.45) is 0 Å². The predicted molar refractivity (Wildman–Crippen MR) is 100 cm³/mol. The number of amides is 2. The maximum atomic E-state index is 12.0. The number of hydrogen-bond acceptors (Lipinski definition) is 3. The first-order valence-electron chi connectivity index (χ1n) is 8.24.